The minimum absolute atomic E-state index is 0.283. The second kappa shape index (κ2) is 4.44. The molecule has 1 aliphatic rings. The van der Waals surface area contributed by atoms with Crippen LogP contribution < -0.4 is 5.76 Å². The number of aromatic amines is 1. The zero-order valence-electron chi connectivity index (χ0n) is 7.86. The number of H-pyrrole nitrogens is 1. The van der Waals surface area contributed by atoms with E-state index in [2.05, 4.69) is 21.6 Å². The summed E-state index contributed by atoms with van der Waals surface area (Å²) >= 11 is 3.80. The largest absolute Gasteiger partial charge is 0.438 e. The van der Waals surface area contributed by atoms with Gasteiger partial charge in [0.25, 0.3) is 0 Å². The Kier molecular flexibility index (Phi) is 3.22. The van der Waals surface area contributed by atoms with Gasteiger partial charge in [0.15, 0.2) is 5.82 Å². The van der Waals surface area contributed by atoms with E-state index in [0.29, 0.717) is 11.1 Å². The van der Waals surface area contributed by atoms with E-state index in [-0.39, 0.29) is 5.25 Å². The van der Waals surface area contributed by atoms with E-state index in [9.17, 15) is 4.79 Å². The first-order valence-electron chi connectivity index (χ1n) is 4.60. The molecule has 1 aliphatic heterocycles. The number of aromatic nitrogens is 2. The van der Waals surface area contributed by atoms with Crippen LogP contribution in [0, 0.1) is 0 Å². The first kappa shape index (κ1) is 10.2. The smallest absolute Gasteiger partial charge is 0.296 e. The zero-order chi connectivity index (χ0) is 9.97. The molecule has 0 radical (unpaired) electrons. The summed E-state index contributed by atoms with van der Waals surface area (Å²) in [5, 5.41) is 4.58. The summed E-state index contributed by atoms with van der Waals surface area (Å²) in [6, 6.07) is 0. The Balaban J connectivity index is 2.18. The van der Waals surface area contributed by atoms with Crippen molar-refractivity contribution in [2.45, 2.75) is 23.8 Å². The monoisotopic (exact) mass is 232 g/mol. The molecule has 2 rings (SSSR count). The molecule has 0 bridgehead atoms. The van der Waals surface area contributed by atoms with E-state index in [0.717, 1.165) is 12.2 Å². The average molecular weight is 232 g/mol. The highest BCUT2D eigenvalue weighted by atomic mass is 32.2. The second-order valence-corrected chi connectivity index (χ2v) is 5.69. The van der Waals surface area contributed by atoms with Crippen molar-refractivity contribution in [3.05, 3.63) is 16.4 Å². The maximum Gasteiger partial charge on any atom is 0.438 e. The number of thioether (sulfide) groups is 2. The quantitative estimate of drug-likeness (QED) is 0.840. The third-order valence-corrected chi connectivity index (χ3v) is 5.43. The van der Waals surface area contributed by atoms with Crippen molar-refractivity contribution >= 4 is 23.5 Å². The van der Waals surface area contributed by atoms with Gasteiger partial charge in [-0.25, -0.2) is 4.79 Å². The number of hydrogen-bond acceptors (Lipinski definition) is 5. The van der Waals surface area contributed by atoms with Crippen molar-refractivity contribution in [1.29, 1.82) is 0 Å². The first-order chi connectivity index (χ1) is 6.81. The van der Waals surface area contributed by atoms with E-state index in [1.165, 1.54) is 5.75 Å². The van der Waals surface area contributed by atoms with Crippen LogP contribution in [0.5, 0.6) is 0 Å². The number of hydrogen-bond donors (Lipinski definition) is 1. The molecule has 0 aromatic carbocycles. The lowest BCUT2D eigenvalue weighted by atomic mass is 10.2. The summed E-state index contributed by atoms with van der Waals surface area (Å²) in [5.41, 5.74) is 0. The lowest BCUT2D eigenvalue weighted by molar-refractivity contribution is 0.380. The Hall–Kier alpha value is -0.360. The van der Waals surface area contributed by atoms with Crippen molar-refractivity contribution < 1.29 is 4.52 Å². The fourth-order valence-electron chi connectivity index (χ4n) is 1.52. The summed E-state index contributed by atoms with van der Waals surface area (Å²) in [6.07, 6.45) is 1.09. The summed E-state index contributed by atoms with van der Waals surface area (Å²) in [6.45, 7) is 2.16. The van der Waals surface area contributed by atoms with E-state index in [1.54, 1.807) is 0 Å². The lowest BCUT2D eigenvalue weighted by Crippen LogP contribution is -2.19. The van der Waals surface area contributed by atoms with Gasteiger partial charge in [-0.3, -0.25) is 9.51 Å². The Morgan fingerprint density at radius 1 is 1.57 bits per heavy atom. The zero-order valence-corrected chi connectivity index (χ0v) is 9.49. The Morgan fingerprint density at radius 3 is 3.00 bits per heavy atom. The van der Waals surface area contributed by atoms with E-state index in [4.69, 9.17) is 0 Å². The molecule has 2 unspecified atom stereocenters. The van der Waals surface area contributed by atoms with Crippen molar-refractivity contribution in [3.8, 4) is 0 Å². The highest BCUT2D eigenvalue weighted by Gasteiger charge is 2.29. The predicted molar refractivity (Wildman–Crippen MR) is 58.9 cm³/mol. The van der Waals surface area contributed by atoms with Gasteiger partial charge in [0.2, 0.25) is 0 Å². The SMILES string of the molecule is CCC1SCCSC1c1noc(=O)[nH]1. The highest BCUT2D eigenvalue weighted by Crippen LogP contribution is 2.42. The van der Waals surface area contributed by atoms with Gasteiger partial charge in [-0.05, 0) is 6.42 Å². The molecule has 0 aliphatic carbocycles. The van der Waals surface area contributed by atoms with Gasteiger partial charge in [0.05, 0.1) is 5.25 Å². The molecule has 0 spiro atoms. The van der Waals surface area contributed by atoms with Gasteiger partial charge in [0, 0.05) is 16.8 Å². The maximum absolute atomic E-state index is 10.8. The van der Waals surface area contributed by atoms with Crippen molar-refractivity contribution in [3.63, 3.8) is 0 Å². The highest BCUT2D eigenvalue weighted by molar-refractivity contribution is 8.06. The Bertz CT molecular complexity index is 349. The van der Waals surface area contributed by atoms with Crippen LogP contribution in [-0.4, -0.2) is 26.9 Å². The molecule has 4 nitrogen and oxygen atoms in total. The molecular formula is C8H12N2O2S2. The third kappa shape index (κ3) is 2.00. The van der Waals surface area contributed by atoms with Crippen LogP contribution in [-0.2, 0) is 0 Å². The molecule has 1 N–H and O–H groups in total. The molecule has 0 saturated carbocycles. The van der Waals surface area contributed by atoms with Crippen LogP contribution in [0.15, 0.2) is 9.32 Å². The summed E-state index contributed by atoms with van der Waals surface area (Å²) in [4.78, 5) is 13.5. The molecule has 0 amide bonds. The van der Waals surface area contributed by atoms with Crippen molar-refractivity contribution in [2.75, 3.05) is 11.5 Å². The molecule has 1 fully saturated rings. The predicted octanol–water partition coefficient (Wildman–Crippen LogP) is 1.66. The van der Waals surface area contributed by atoms with Crippen LogP contribution >= 0.6 is 23.5 Å². The third-order valence-electron chi connectivity index (χ3n) is 2.18. The van der Waals surface area contributed by atoms with Gasteiger partial charge < -0.3 is 0 Å². The molecule has 1 aromatic heterocycles. The van der Waals surface area contributed by atoms with Gasteiger partial charge in [0.1, 0.15) is 0 Å². The molecule has 14 heavy (non-hydrogen) atoms. The normalized spacial score (nSPS) is 27.8. The van der Waals surface area contributed by atoms with Crippen molar-refractivity contribution in [1.82, 2.24) is 10.1 Å². The summed E-state index contributed by atoms with van der Waals surface area (Å²) in [5.74, 6) is 2.53. The van der Waals surface area contributed by atoms with Gasteiger partial charge in [-0.15, -0.1) is 11.8 Å². The molecule has 2 heterocycles. The molecule has 1 saturated heterocycles. The topological polar surface area (TPSA) is 58.9 Å². The average Bonchev–Trinajstić information content (AvgIpc) is 2.65. The standard InChI is InChI=1S/C8H12N2O2S2/c1-2-5-6(14-4-3-13-5)7-9-8(11)12-10-7/h5-6H,2-4H2,1H3,(H,9,10,11). The summed E-state index contributed by atoms with van der Waals surface area (Å²) < 4.78 is 4.53. The minimum Gasteiger partial charge on any atom is -0.296 e. The van der Waals surface area contributed by atoms with Gasteiger partial charge in [-0.1, -0.05) is 12.1 Å². The van der Waals surface area contributed by atoms with Crippen LogP contribution in [0.3, 0.4) is 0 Å². The maximum atomic E-state index is 10.8. The number of rotatable bonds is 2. The van der Waals surface area contributed by atoms with Crippen LogP contribution in [0.25, 0.3) is 0 Å². The minimum atomic E-state index is -0.453. The van der Waals surface area contributed by atoms with E-state index in [1.807, 2.05) is 23.5 Å². The van der Waals surface area contributed by atoms with Crippen LogP contribution in [0.2, 0.25) is 0 Å². The second-order valence-electron chi connectivity index (χ2n) is 3.09. The molecule has 2 atom stereocenters. The molecule has 6 heteroatoms. The van der Waals surface area contributed by atoms with Crippen LogP contribution in [0.1, 0.15) is 24.4 Å². The molecule has 78 valence electrons. The van der Waals surface area contributed by atoms with Crippen LogP contribution in [0.4, 0.5) is 0 Å². The van der Waals surface area contributed by atoms with Crippen molar-refractivity contribution in [2.24, 2.45) is 0 Å². The Labute approximate surface area is 90.2 Å². The number of nitrogens with zero attached hydrogens (tertiary/aromatic N) is 1. The first-order valence-corrected chi connectivity index (χ1v) is 6.70. The molecule has 1 aromatic rings. The Morgan fingerprint density at radius 2 is 2.36 bits per heavy atom. The number of nitrogens with one attached hydrogen (secondary N) is 1. The fraction of sp³-hybridized carbons (Fsp3) is 0.750. The van der Waals surface area contributed by atoms with E-state index < -0.39 is 5.76 Å². The summed E-state index contributed by atoms with van der Waals surface area (Å²) in [7, 11) is 0. The van der Waals surface area contributed by atoms with E-state index >= 15 is 0 Å². The molecular weight excluding hydrogens is 220 g/mol. The lowest BCUT2D eigenvalue weighted by Gasteiger charge is -2.27. The van der Waals surface area contributed by atoms with Gasteiger partial charge >= 0.3 is 5.76 Å². The fourth-order valence-corrected chi connectivity index (χ4v) is 4.52. The van der Waals surface area contributed by atoms with Gasteiger partial charge in [-0.2, -0.15) is 11.8 Å².